The minimum absolute atomic E-state index is 0.0782. The van der Waals surface area contributed by atoms with E-state index < -0.39 is 29.4 Å². The van der Waals surface area contributed by atoms with Crippen molar-refractivity contribution in [3.05, 3.63) is 65.3 Å². The Morgan fingerprint density at radius 1 is 1.27 bits per heavy atom. The van der Waals surface area contributed by atoms with Crippen LogP contribution in [0.25, 0.3) is 0 Å². The van der Waals surface area contributed by atoms with Crippen LogP contribution in [0.4, 0.5) is 5.69 Å². The summed E-state index contributed by atoms with van der Waals surface area (Å²) < 4.78 is 15.9. The van der Waals surface area contributed by atoms with Crippen molar-refractivity contribution in [1.82, 2.24) is 0 Å². The number of rotatable bonds is 5. The molecule has 3 rings (SSSR count). The van der Waals surface area contributed by atoms with Crippen LogP contribution in [0.3, 0.4) is 0 Å². The Bertz CT molecular complexity index is 1010. The van der Waals surface area contributed by atoms with E-state index in [1.807, 2.05) is 0 Å². The lowest BCUT2D eigenvalue weighted by atomic mass is 9.67. The molecule has 0 radical (unpaired) electrons. The topological polar surface area (TPSA) is 108 Å². The van der Waals surface area contributed by atoms with Crippen LogP contribution >= 0.6 is 0 Å². The van der Waals surface area contributed by atoms with Gasteiger partial charge in [-0.25, -0.2) is 9.59 Å². The maximum absolute atomic E-state index is 13.9. The molecule has 2 aliphatic rings. The van der Waals surface area contributed by atoms with Crippen LogP contribution < -0.4 is 10.6 Å². The number of para-hydroxylation sites is 1. The van der Waals surface area contributed by atoms with Crippen LogP contribution in [0.1, 0.15) is 26.3 Å². The fourth-order valence-corrected chi connectivity index (χ4v) is 4.01. The minimum atomic E-state index is -1.86. The van der Waals surface area contributed by atoms with Crippen LogP contribution in [0.15, 0.2) is 59.7 Å². The molecule has 158 valence electrons. The lowest BCUT2D eigenvalue weighted by molar-refractivity contribution is -0.145. The van der Waals surface area contributed by atoms with E-state index >= 15 is 0 Å². The molecular formula is C22H24N2O6. The average Bonchev–Trinajstić information content (AvgIpc) is 2.91. The van der Waals surface area contributed by atoms with Gasteiger partial charge in [0.25, 0.3) is 0 Å². The first-order valence-corrected chi connectivity index (χ1v) is 9.42. The normalized spacial score (nSPS) is 20.4. The highest BCUT2D eigenvalue weighted by Gasteiger charge is 2.63. The summed E-state index contributed by atoms with van der Waals surface area (Å²) in [4.78, 5) is 41.4. The molecule has 1 spiro atoms. The van der Waals surface area contributed by atoms with Crippen molar-refractivity contribution >= 4 is 23.5 Å². The standard InChI is InChI=1S/C22H24N2O6/c1-6-11-24-15-10-8-7-9-14(15)22(21(24)27)16(20(26)29-12(2)3)13(4)30-18(23)17(22)19(25)28-5/h6-10,12H,1,11,23H2,2-5H3. The van der Waals surface area contributed by atoms with Gasteiger partial charge in [-0.05, 0) is 26.8 Å². The highest BCUT2D eigenvalue weighted by atomic mass is 16.5. The van der Waals surface area contributed by atoms with Gasteiger partial charge in [-0.2, -0.15) is 0 Å². The van der Waals surface area contributed by atoms with Crippen LogP contribution in [0.2, 0.25) is 0 Å². The molecule has 1 amide bonds. The summed E-state index contributed by atoms with van der Waals surface area (Å²) in [5, 5.41) is 0. The molecule has 8 heteroatoms. The Labute approximate surface area is 174 Å². The quantitative estimate of drug-likeness (QED) is 0.582. The number of esters is 2. The molecule has 8 nitrogen and oxygen atoms in total. The third-order valence-electron chi connectivity index (χ3n) is 5.02. The van der Waals surface area contributed by atoms with E-state index in [9.17, 15) is 14.4 Å². The molecule has 2 heterocycles. The molecule has 0 fully saturated rings. The third-order valence-corrected chi connectivity index (χ3v) is 5.02. The van der Waals surface area contributed by atoms with Gasteiger partial charge in [0.05, 0.1) is 13.2 Å². The van der Waals surface area contributed by atoms with Crippen LogP contribution in [-0.4, -0.2) is 37.6 Å². The first kappa shape index (κ1) is 21.2. The highest BCUT2D eigenvalue weighted by molar-refractivity contribution is 6.22. The molecule has 1 aromatic carbocycles. The van der Waals surface area contributed by atoms with E-state index in [-0.39, 0.29) is 29.3 Å². The van der Waals surface area contributed by atoms with E-state index in [1.165, 1.54) is 18.9 Å². The number of allylic oxidation sites excluding steroid dienone is 1. The lowest BCUT2D eigenvalue weighted by Gasteiger charge is -2.36. The van der Waals surface area contributed by atoms with Crippen LogP contribution in [-0.2, 0) is 34.0 Å². The number of hydrogen-bond acceptors (Lipinski definition) is 7. The van der Waals surface area contributed by atoms with Crippen molar-refractivity contribution in [1.29, 1.82) is 0 Å². The summed E-state index contributed by atoms with van der Waals surface area (Å²) >= 11 is 0. The van der Waals surface area contributed by atoms with Crippen molar-refractivity contribution < 1.29 is 28.6 Å². The Kier molecular flexibility index (Phi) is 5.43. The summed E-state index contributed by atoms with van der Waals surface area (Å²) in [6, 6.07) is 6.88. The zero-order valence-electron chi connectivity index (χ0n) is 17.4. The first-order valence-electron chi connectivity index (χ1n) is 9.42. The van der Waals surface area contributed by atoms with Gasteiger partial charge in [-0.3, -0.25) is 4.79 Å². The number of fused-ring (bicyclic) bond motifs is 2. The number of amides is 1. The number of benzene rings is 1. The third kappa shape index (κ3) is 2.87. The largest absolute Gasteiger partial charge is 0.465 e. The smallest absolute Gasteiger partial charge is 0.340 e. The minimum Gasteiger partial charge on any atom is -0.465 e. The molecule has 2 N–H and O–H groups in total. The van der Waals surface area contributed by atoms with Crippen LogP contribution in [0, 0.1) is 0 Å². The number of anilines is 1. The average molecular weight is 412 g/mol. The van der Waals surface area contributed by atoms with E-state index in [4.69, 9.17) is 19.9 Å². The SMILES string of the molecule is C=CCN1C(=O)C2(C(C(=O)OC(C)C)=C(C)OC(N)=C2C(=O)OC)c2ccccc21. The summed E-state index contributed by atoms with van der Waals surface area (Å²) in [6.45, 7) is 8.75. The number of methoxy groups -OCH3 is 1. The maximum Gasteiger partial charge on any atom is 0.340 e. The van der Waals surface area contributed by atoms with Crippen molar-refractivity contribution in [3.63, 3.8) is 0 Å². The maximum atomic E-state index is 13.9. The van der Waals surface area contributed by atoms with Gasteiger partial charge >= 0.3 is 11.9 Å². The summed E-state index contributed by atoms with van der Waals surface area (Å²) in [7, 11) is 1.17. The fraction of sp³-hybridized carbons (Fsp3) is 0.318. The van der Waals surface area contributed by atoms with Gasteiger partial charge in [-0.1, -0.05) is 24.3 Å². The van der Waals surface area contributed by atoms with E-state index in [1.54, 1.807) is 44.2 Å². The molecular weight excluding hydrogens is 388 g/mol. The molecule has 2 aliphatic heterocycles. The predicted molar refractivity (Wildman–Crippen MR) is 109 cm³/mol. The molecule has 0 saturated heterocycles. The van der Waals surface area contributed by atoms with Gasteiger partial charge in [-0.15, -0.1) is 6.58 Å². The Morgan fingerprint density at radius 2 is 1.93 bits per heavy atom. The second-order valence-electron chi connectivity index (χ2n) is 7.19. The summed E-state index contributed by atoms with van der Waals surface area (Å²) in [5.74, 6) is -2.41. The van der Waals surface area contributed by atoms with Crippen molar-refractivity contribution in [2.75, 3.05) is 18.6 Å². The molecule has 0 bridgehead atoms. The molecule has 30 heavy (non-hydrogen) atoms. The molecule has 0 saturated carbocycles. The molecule has 1 aromatic rings. The van der Waals surface area contributed by atoms with Crippen molar-refractivity contribution in [2.24, 2.45) is 5.73 Å². The summed E-state index contributed by atoms with van der Waals surface area (Å²) in [6.07, 6.45) is 1.09. The number of hydrogen-bond donors (Lipinski definition) is 1. The lowest BCUT2D eigenvalue weighted by Crippen LogP contribution is -2.51. The Balaban J connectivity index is 2.43. The van der Waals surface area contributed by atoms with E-state index in [0.29, 0.717) is 11.3 Å². The monoisotopic (exact) mass is 412 g/mol. The van der Waals surface area contributed by atoms with Gasteiger partial charge in [0.2, 0.25) is 11.8 Å². The predicted octanol–water partition coefficient (Wildman–Crippen LogP) is 2.06. The Morgan fingerprint density at radius 3 is 2.53 bits per heavy atom. The van der Waals surface area contributed by atoms with E-state index in [0.717, 1.165) is 0 Å². The Hall–Kier alpha value is -3.55. The fourth-order valence-electron chi connectivity index (χ4n) is 4.01. The molecule has 0 aliphatic carbocycles. The number of ether oxygens (including phenoxy) is 3. The van der Waals surface area contributed by atoms with Crippen LogP contribution in [0.5, 0.6) is 0 Å². The molecule has 1 atom stereocenters. The number of nitrogens with two attached hydrogens (primary N) is 1. The van der Waals surface area contributed by atoms with Gasteiger partial charge < -0.3 is 24.8 Å². The number of carbonyl (C=O) groups excluding carboxylic acids is 3. The zero-order valence-corrected chi connectivity index (χ0v) is 17.4. The molecule has 1 unspecified atom stereocenters. The second kappa shape index (κ2) is 7.70. The van der Waals surface area contributed by atoms with Crippen molar-refractivity contribution in [3.8, 4) is 0 Å². The zero-order chi connectivity index (χ0) is 22.2. The summed E-state index contributed by atoms with van der Waals surface area (Å²) in [5.41, 5.74) is 4.81. The first-order chi connectivity index (χ1) is 14.2. The second-order valence-corrected chi connectivity index (χ2v) is 7.19. The molecule has 0 aromatic heterocycles. The van der Waals surface area contributed by atoms with Crippen molar-refractivity contribution in [2.45, 2.75) is 32.3 Å². The van der Waals surface area contributed by atoms with E-state index in [2.05, 4.69) is 6.58 Å². The van der Waals surface area contributed by atoms with Gasteiger partial charge in [0.15, 0.2) is 0 Å². The highest BCUT2D eigenvalue weighted by Crippen LogP contribution is 2.54. The van der Waals surface area contributed by atoms with Gasteiger partial charge in [0, 0.05) is 17.8 Å². The number of carbonyl (C=O) groups is 3. The number of nitrogens with zero attached hydrogens (tertiary/aromatic N) is 1. The van der Waals surface area contributed by atoms with Gasteiger partial charge in [0.1, 0.15) is 22.3 Å².